The molecule has 0 saturated heterocycles. The quantitative estimate of drug-likeness (QED) is 0.380. The molecular weight excluding hydrogens is 98.1 g/mol. The van der Waals surface area contributed by atoms with Crippen molar-refractivity contribution in [2.75, 3.05) is 0 Å². The molecule has 0 aliphatic heterocycles. The lowest BCUT2D eigenvalue weighted by molar-refractivity contribution is 1.31. The van der Waals surface area contributed by atoms with Gasteiger partial charge in [-0.2, -0.15) is 0 Å². The minimum atomic E-state index is 0.988. The minimum Gasteiger partial charge on any atom is -0.266 e. The van der Waals surface area contributed by atoms with Crippen molar-refractivity contribution in [1.29, 1.82) is 0 Å². The molecule has 0 saturated carbocycles. The Morgan fingerprint density at radius 1 is 1.62 bits per heavy atom. The molecular formula is C7H11N. The Balaban J connectivity index is 3.79. The highest BCUT2D eigenvalue weighted by molar-refractivity contribution is 5.55. The maximum Gasteiger partial charge on any atom is 0.0368 e. The Hall–Kier alpha value is -0.850. The highest BCUT2D eigenvalue weighted by Crippen LogP contribution is 1.91. The van der Waals surface area contributed by atoms with Crippen LogP contribution in [0.25, 0.3) is 0 Å². The van der Waals surface area contributed by atoms with E-state index >= 15 is 0 Å². The van der Waals surface area contributed by atoms with Crippen molar-refractivity contribution < 1.29 is 0 Å². The molecule has 0 fully saturated rings. The number of hydrogen-bond donors (Lipinski definition) is 0. The first-order valence-electron chi connectivity index (χ1n) is 2.59. The predicted octanol–water partition coefficient (Wildman–Crippen LogP) is 2.17. The molecule has 44 valence electrons. The number of hydrogen-bond acceptors (Lipinski definition) is 1. The average Bonchev–Trinajstić information content (AvgIpc) is 1.68. The van der Waals surface area contributed by atoms with E-state index in [0.717, 1.165) is 5.70 Å². The van der Waals surface area contributed by atoms with Gasteiger partial charge >= 0.3 is 0 Å². The molecule has 8 heavy (non-hydrogen) atoms. The zero-order valence-corrected chi connectivity index (χ0v) is 5.39. The first-order valence-corrected chi connectivity index (χ1v) is 2.59. The molecule has 0 bridgehead atoms. The SMILES string of the molecule is C=C/C=C(C)/N=C/C. The van der Waals surface area contributed by atoms with Gasteiger partial charge in [0.05, 0.1) is 0 Å². The van der Waals surface area contributed by atoms with Gasteiger partial charge in [0.15, 0.2) is 0 Å². The van der Waals surface area contributed by atoms with Gasteiger partial charge < -0.3 is 0 Å². The van der Waals surface area contributed by atoms with Crippen LogP contribution in [-0.2, 0) is 0 Å². The summed E-state index contributed by atoms with van der Waals surface area (Å²) in [5.74, 6) is 0. The first kappa shape index (κ1) is 7.15. The average molecular weight is 109 g/mol. The van der Waals surface area contributed by atoms with Crippen molar-refractivity contribution >= 4 is 6.21 Å². The maximum atomic E-state index is 3.98. The largest absolute Gasteiger partial charge is 0.266 e. The number of nitrogens with zero attached hydrogens (tertiary/aromatic N) is 1. The van der Waals surface area contributed by atoms with Crippen LogP contribution >= 0.6 is 0 Å². The Labute approximate surface area is 50.4 Å². The van der Waals surface area contributed by atoms with Crippen molar-refractivity contribution in [3.8, 4) is 0 Å². The van der Waals surface area contributed by atoms with E-state index in [0.29, 0.717) is 0 Å². The van der Waals surface area contributed by atoms with E-state index in [1.54, 1.807) is 12.3 Å². The fraction of sp³-hybridized carbons (Fsp3) is 0.286. The van der Waals surface area contributed by atoms with Crippen LogP contribution in [0.1, 0.15) is 13.8 Å². The molecule has 1 nitrogen and oxygen atoms in total. The summed E-state index contributed by atoms with van der Waals surface area (Å²) in [6, 6.07) is 0. The molecule has 0 amide bonds. The van der Waals surface area contributed by atoms with E-state index in [1.807, 2.05) is 19.9 Å². The van der Waals surface area contributed by atoms with Crippen molar-refractivity contribution in [2.24, 2.45) is 4.99 Å². The summed E-state index contributed by atoms with van der Waals surface area (Å²) in [4.78, 5) is 3.98. The maximum absolute atomic E-state index is 3.98. The van der Waals surface area contributed by atoms with Crippen molar-refractivity contribution in [3.63, 3.8) is 0 Å². The molecule has 0 N–H and O–H groups in total. The van der Waals surface area contributed by atoms with Gasteiger partial charge in [-0.25, -0.2) is 0 Å². The van der Waals surface area contributed by atoms with Crippen LogP contribution in [0, 0.1) is 0 Å². The van der Waals surface area contributed by atoms with Crippen LogP contribution in [0.4, 0.5) is 0 Å². The summed E-state index contributed by atoms with van der Waals surface area (Å²) >= 11 is 0. The summed E-state index contributed by atoms with van der Waals surface area (Å²) in [6.07, 6.45) is 5.34. The van der Waals surface area contributed by atoms with Gasteiger partial charge in [-0.05, 0) is 19.9 Å². The Morgan fingerprint density at radius 2 is 2.25 bits per heavy atom. The van der Waals surface area contributed by atoms with Gasteiger partial charge in [0.25, 0.3) is 0 Å². The van der Waals surface area contributed by atoms with Crippen molar-refractivity contribution in [3.05, 3.63) is 24.4 Å². The molecule has 0 aliphatic carbocycles. The second kappa shape index (κ2) is 4.31. The van der Waals surface area contributed by atoms with Gasteiger partial charge in [-0.3, -0.25) is 4.99 Å². The number of allylic oxidation sites excluding steroid dienone is 3. The van der Waals surface area contributed by atoms with Gasteiger partial charge in [0.2, 0.25) is 0 Å². The summed E-state index contributed by atoms with van der Waals surface area (Å²) in [5.41, 5.74) is 0.988. The van der Waals surface area contributed by atoms with E-state index in [1.165, 1.54) is 0 Å². The summed E-state index contributed by atoms with van der Waals surface area (Å²) in [7, 11) is 0. The van der Waals surface area contributed by atoms with Gasteiger partial charge in [0, 0.05) is 11.9 Å². The molecule has 0 atom stereocenters. The normalized spacial score (nSPS) is 12.5. The van der Waals surface area contributed by atoms with Crippen LogP contribution in [0.2, 0.25) is 0 Å². The fourth-order valence-corrected chi connectivity index (χ4v) is 0.417. The van der Waals surface area contributed by atoms with E-state index in [2.05, 4.69) is 11.6 Å². The van der Waals surface area contributed by atoms with Crippen LogP contribution in [0.15, 0.2) is 29.4 Å². The highest BCUT2D eigenvalue weighted by atomic mass is 14.7. The third-order valence-electron chi connectivity index (χ3n) is 0.692. The minimum absolute atomic E-state index is 0.988. The van der Waals surface area contributed by atoms with Crippen LogP contribution in [0.3, 0.4) is 0 Å². The van der Waals surface area contributed by atoms with Gasteiger partial charge in [-0.1, -0.05) is 12.7 Å². The monoisotopic (exact) mass is 109 g/mol. The molecule has 0 heterocycles. The van der Waals surface area contributed by atoms with Crippen molar-refractivity contribution in [1.82, 2.24) is 0 Å². The van der Waals surface area contributed by atoms with E-state index in [-0.39, 0.29) is 0 Å². The Bertz CT molecular complexity index is 120. The van der Waals surface area contributed by atoms with Crippen LogP contribution in [0.5, 0.6) is 0 Å². The molecule has 0 spiro atoms. The van der Waals surface area contributed by atoms with Gasteiger partial charge in [0.1, 0.15) is 0 Å². The first-order chi connectivity index (χ1) is 3.81. The lowest BCUT2D eigenvalue weighted by Crippen LogP contribution is -1.65. The second-order valence-corrected chi connectivity index (χ2v) is 1.43. The van der Waals surface area contributed by atoms with E-state index in [4.69, 9.17) is 0 Å². The highest BCUT2D eigenvalue weighted by Gasteiger charge is 1.72. The Morgan fingerprint density at radius 3 is 2.62 bits per heavy atom. The standard InChI is InChI=1S/C7H11N/c1-4-6-7(3)8-5-2/h4-6H,1H2,2-3H3/b7-6+,8-5+. The van der Waals surface area contributed by atoms with Gasteiger partial charge in [-0.15, -0.1) is 0 Å². The fourth-order valence-electron chi connectivity index (χ4n) is 0.417. The number of rotatable bonds is 2. The second-order valence-electron chi connectivity index (χ2n) is 1.43. The van der Waals surface area contributed by atoms with Crippen LogP contribution < -0.4 is 0 Å². The van der Waals surface area contributed by atoms with Crippen molar-refractivity contribution in [2.45, 2.75) is 13.8 Å². The Kier molecular flexibility index (Phi) is 3.85. The zero-order valence-electron chi connectivity index (χ0n) is 5.39. The topological polar surface area (TPSA) is 12.4 Å². The summed E-state index contributed by atoms with van der Waals surface area (Å²) in [6.45, 7) is 7.35. The van der Waals surface area contributed by atoms with E-state index in [9.17, 15) is 0 Å². The molecule has 0 radical (unpaired) electrons. The lowest BCUT2D eigenvalue weighted by Gasteiger charge is -1.83. The number of aliphatic imine (C=N–C) groups is 1. The summed E-state index contributed by atoms with van der Waals surface area (Å²) in [5, 5.41) is 0. The van der Waals surface area contributed by atoms with Crippen LogP contribution in [-0.4, -0.2) is 6.21 Å². The third kappa shape index (κ3) is 3.34. The molecule has 0 aromatic rings. The predicted molar refractivity (Wildman–Crippen MR) is 38.1 cm³/mol. The molecule has 1 heteroatoms. The third-order valence-corrected chi connectivity index (χ3v) is 0.692. The zero-order chi connectivity index (χ0) is 6.41. The lowest BCUT2D eigenvalue weighted by atomic mass is 10.4. The smallest absolute Gasteiger partial charge is 0.0368 e. The molecule has 0 aromatic carbocycles. The molecule has 0 aliphatic rings. The molecule has 0 rings (SSSR count). The molecule has 0 aromatic heterocycles. The molecule has 0 unspecified atom stereocenters. The van der Waals surface area contributed by atoms with E-state index < -0.39 is 0 Å². The summed E-state index contributed by atoms with van der Waals surface area (Å²) < 4.78 is 0.